The molecule has 0 aromatic heterocycles. The highest BCUT2D eigenvalue weighted by molar-refractivity contribution is 5.77. The molecule has 1 aliphatic rings. The van der Waals surface area contributed by atoms with Crippen LogP contribution in [0.4, 0.5) is 5.69 Å². The Hall–Kier alpha value is -1.39. The molecule has 4 nitrogen and oxygen atoms in total. The van der Waals surface area contributed by atoms with Gasteiger partial charge in [0.1, 0.15) is 5.78 Å². The Morgan fingerprint density at radius 1 is 0.966 bits per heavy atom. The molecule has 2 rings (SSSR count). The molecule has 1 fully saturated rings. The Bertz CT molecular complexity index is 576. The van der Waals surface area contributed by atoms with E-state index in [-0.39, 0.29) is 0 Å². The number of hydrogen-bond donors (Lipinski definition) is 0. The molecular weight excluding hydrogens is 358 g/mol. The summed E-state index contributed by atoms with van der Waals surface area (Å²) in [6.45, 7) is 13.3. The predicted molar refractivity (Wildman–Crippen MR) is 125 cm³/mol. The van der Waals surface area contributed by atoms with Crippen molar-refractivity contribution in [2.24, 2.45) is 0 Å². The average molecular weight is 402 g/mol. The third-order valence-corrected chi connectivity index (χ3v) is 6.19. The first-order chi connectivity index (χ1) is 14.0. The number of piperazine rings is 1. The fourth-order valence-corrected chi connectivity index (χ4v) is 4.11. The van der Waals surface area contributed by atoms with Crippen LogP contribution in [0, 0.1) is 0 Å². The van der Waals surface area contributed by atoms with E-state index in [9.17, 15) is 4.79 Å². The Labute approximate surface area is 179 Å². The monoisotopic (exact) mass is 401 g/mol. The SMILES string of the molecule is CCC(=O)CCCCCCCN(C)Cc1ccc(N2CCN(C(C)C)CC2)cc1. The third kappa shape index (κ3) is 8.88. The first-order valence-corrected chi connectivity index (χ1v) is 11.8. The van der Waals surface area contributed by atoms with E-state index in [2.05, 4.69) is 59.9 Å². The topological polar surface area (TPSA) is 26.8 Å². The number of nitrogens with zero attached hydrogens (tertiary/aromatic N) is 3. The molecule has 0 amide bonds. The summed E-state index contributed by atoms with van der Waals surface area (Å²) in [7, 11) is 2.22. The molecule has 1 aromatic rings. The number of anilines is 1. The third-order valence-electron chi connectivity index (χ3n) is 6.19. The second-order valence-electron chi connectivity index (χ2n) is 8.93. The Kier molecular flexibility index (Phi) is 10.7. The largest absolute Gasteiger partial charge is 0.369 e. The van der Waals surface area contributed by atoms with Crippen LogP contribution in [0.2, 0.25) is 0 Å². The minimum Gasteiger partial charge on any atom is -0.369 e. The molecule has 164 valence electrons. The molecule has 4 heteroatoms. The van der Waals surface area contributed by atoms with Crippen LogP contribution >= 0.6 is 0 Å². The lowest BCUT2D eigenvalue weighted by atomic mass is 10.1. The first kappa shape index (κ1) is 23.9. The number of rotatable bonds is 13. The van der Waals surface area contributed by atoms with Crippen molar-refractivity contribution >= 4 is 11.5 Å². The van der Waals surface area contributed by atoms with E-state index in [0.29, 0.717) is 18.2 Å². The van der Waals surface area contributed by atoms with Crippen LogP contribution < -0.4 is 4.90 Å². The van der Waals surface area contributed by atoms with E-state index in [0.717, 1.165) is 52.1 Å². The summed E-state index contributed by atoms with van der Waals surface area (Å²) < 4.78 is 0. The fraction of sp³-hybridized carbons (Fsp3) is 0.720. The van der Waals surface area contributed by atoms with Crippen LogP contribution in [-0.4, -0.2) is 61.4 Å². The molecule has 0 spiro atoms. The molecule has 0 N–H and O–H groups in total. The fourth-order valence-electron chi connectivity index (χ4n) is 4.11. The summed E-state index contributed by atoms with van der Waals surface area (Å²) in [6, 6.07) is 9.84. The molecule has 1 aromatic carbocycles. The van der Waals surface area contributed by atoms with Gasteiger partial charge in [-0.15, -0.1) is 0 Å². The van der Waals surface area contributed by atoms with Crippen LogP contribution in [0.5, 0.6) is 0 Å². The smallest absolute Gasteiger partial charge is 0.132 e. The molecule has 0 aliphatic carbocycles. The number of benzene rings is 1. The average Bonchev–Trinajstić information content (AvgIpc) is 2.73. The number of unbranched alkanes of at least 4 members (excludes halogenated alkanes) is 4. The van der Waals surface area contributed by atoms with Crippen LogP contribution in [0.15, 0.2) is 24.3 Å². The van der Waals surface area contributed by atoms with E-state index in [1.54, 1.807) is 0 Å². The molecule has 0 radical (unpaired) electrons. The van der Waals surface area contributed by atoms with Gasteiger partial charge in [-0.25, -0.2) is 0 Å². The van der Waals surface area contributed by atoms with Gasteiger partial charge in [-0.3, -0.25) is 9.69 Å². The summed E-state index contributed by atoms with van der Waals surface area (Å²) >= 11 is 0. The van der Waals surface area contributed by atoms with Gasteiger partial charge in [-0.2, -0.15) is 0 Å². The van der Waals surface area contributed by atoms with Crippen molar-refractivity contribution in [3.8, 4) is 0 Å². The Morgan fingerprint density at radius 3 is 2.21 bits per heavy atom. The maximum absolute atomic E-state index is 11.3. The van der Waals surface area contributed by atoms with E-state index in [1.807, 2.05) is 6.92 Å². The first-order valence-electron chi connectivity index (χ1n) is 11.8. The highest BCUT2D eigenvalue weighted by Gasteiger charge is 2.18. The zero-order valence-corrected chi connectivity index (χ0v) is 19.3. The second kappa shape index (κ2) is 13.0. The number of hydrogen-bond acceptors (Lipinski definition) is 4. The van der Waals surface area contributed by atoms with E-state index < -0.39 is 0 Å². The molecule has 1 heterocycles. The van der Waals surface area contributed by atoms with Crippen LogP contribution in [0.25, 0.3) is 0 Å². The second-order valence-corrected chi connectivity index (χ2v) is 8.93. The highest BCUT2D eigenvalue weighted by Crippen LogP contribution is 2.19. The van der Waals surface area contributed by atoms with Crippen LogP contribution in [0.3, 0.4) is 0 Å². The van der Waals surface area contributed by atoms with Gasteiger partial charge in [-0.1, -0.05) is 38.3 Å². The lowest BCUT2D eigenvalue weighted by Crippen LogP contribution is -2.48. The van der Waals surface area contributed by atoms with Crippen molar-refractivity contribution in [2.75, 3.05) is 44.7 Å². The van der Waals surface area contributed by atoms with Gasteiger partial charge in [0.25, 0.3) is 0 Å². The van der Waals surface area contributed by atoms with E-state index in [4.69, 9.17) is 0 Å². The summed E-state index contributed by atoms with van der Waals surface area (Å²) in [6.07, 6.45) is 7.51. The molecule has 0 unspecified atom stereocenters. The Morgan fingerprint density at radius 2 is 1.59 bits per heavy atom. The molecule has 1 saturated heterocycles. The zero-order valence-electron chi connectivity index (χ0n) is 19.3. The molecule has 0 atom stereocenters. The molecule has 0 bridgehead atoms. The minimum absolute atomic E-state index is 0.411. The van der Waals surface area contributed by atoms with Gasteiger partial charge in [-0.05, 0) is 58.0 Å². The molecule has 29 heavy (non-hydrogen) atoms. The van der Waals surface area contributed by atoms with Crippen LogP contribution in [0.1, 0.15) is 71.3 Å². The standard InChI is InChI=1S/C25H43N3O/c1-5-25(29)11-9-7-6-8-10-16-26(4)21-23-12-14-24(15-13-23)28-19-17-27(18-20-28)22(2)3/h12-15,22H,5-11,16-21H2,1-4H3. The van der Waals surface area contributed by atoms with Crippen molar-refractivity contribution in [3.05, 3.63) is 29.8 Å². The van der Waals surface area contributed by atoms with Crippen molar-refractivity contribution in [1.29, 1.82) is 0 Å². The number of ketones is 1. The normalized spacial score (nSPS) is 15.4. The maximum Gasteiger partial charge on any atom is 0.132 e. The molecule has 0 saturated carbocycles. The Balaban J connectivity index is 1.61. The van der Waals surface area contributed by atoms with E-state index >= 15 is 0 Å². The van der Waals surface area contributed by atoms with Gasteiger partial charge >= 0.3 is 0 Å². The quantitative estimate of drug-likeness (QED) is 0.436. The maximum atomic E-state index is 11.3. The lowest BCUT2D eigenvalue weighted by Gasteiger charge is -2.38. The summed E-state index contributed by atoms with van der Waals surface area (Å²) in [5.41, 5.74) is 2.76. The van der Waals surface area contributed by atoms with Gasteiger partial charge in [0, 0.05) is 57.3 Å². The van der Waals surface area contributed by atoms with Crippen molar-refractivity contribution in [3.63, 3.8) is 0 Å². The van der Waals surface area contributed by atoms with Crippen LogP contribution in [-0.2, 0) is 11.3 Å². The number of Topliss-reactive ketones (excluding diaryl/α,β-unsaturated/α-hetero) is 1. The van der Waals surface area contributed by atoms with Gasteiger partial charge < -0.3 is 9.80 Å². The highest BCUT2D eigenvalue weighted by atomic mass is 16.1. The predicted octanol–water partition coefficient (Wildman–Crippen LogP) is 4.97. The number of carbonyl (C=O) groups excluding carboxylic acids is 1. The summed E-state index contributed by atoms with van der Waals surface area (Å²) in [4.78, 5) is 18.8. The summed E-state index contributed by atoms with van der Waals surface area (Å²) in [5.74, 6) is 0.411. The van der Waals surface area contributed by atoms with Gasteiger partial charge in [0.05, 0.1) is 0 Å². The van der Waals surface area contributed by atoms with Gasteiger partial charge in [0.15, 0.2) is 0 Å². The number of carbonyl (C=O) groups is 1. The molecule has 1 aliphatic heterocycles. The van der Waals surface area contributed by atoms with Crippen molar-refractivity contribution in [2.45, 2.75) is 78.3 Å². The van der Waals surface area contributed by atoms with E-state index in [1.165, 1.54) is 36.9 Å². The van der Waals surface area contributed by atoms with Crippen molar-refractivity contribution < 1.29 is 4.79 Å². The lowest BCUT2D eigenvalue weighted by molar-refractivity contribution is -0.118. The minimum atomic E-state index is 0.411. The van der Waals surface area contributed by atoms with Gasteiger partial charge in [0.2, 0.25) is 0 Å². The summed E-state index contributed by atoms with van der Waals surface area (Å²) in [5, 5.41) is 0. The van der Waals surface area contributed by atoms with Crippen molar-refractivity contribution in [1.82, 2.24) is 9.80 Å². The zero-order chi connectivity index (χ0) is 21.1. The molecular formula is C25H43N3O.